The van der Waals surface area contributed by atoms with Gasteiger partial charge in [0.1, 0.15) is 0 Å². The first-order valence-electron chi connectivity index (χ1n) is 6.52. The Bertz CT molecular complexity index is 422. The third-order valence-corrected chi connectivity index (χ3v) is 3.43. The van der Waals surface area contributed by atoms with Crippen molar-refractivity contribution in [2.45, 2.75) is 39.3 Å². The zero-order valence-electron chi connectivity index (χ0n) is 13.2. The van der Waals surface area contributed by atoms with Crippen molar-refractivity contribution in [1.82, 2.24) is 5.32 Å². The third kappa shape index (κ3) is 4.46. The standard InChI is InChI=1S/C15H25NO3.ClH/c1-7-15(2,3)16-10-11-8-9-12(17-4)14(19-6)13(11)18-5;/h8-9,16H,7,10H2,1-6H3;1H. The van der Waals surface area contributed by atoms with Gasteiger partial charge >= 0.3 is 0 Å². The largest absolute Gasteiger partial charge is 0.493 e. The van der Waals surface area contributed by atoms with Gasteiger partial charge in [-0.3, -0.25) is 0 Å². The van der Waals surface area contributed by atoms with Gasteiger partial charge in [-0.25, -0.2) is 0 Å². The number of halogens is 1. The van der Waals surface area contributed by atoms with Crippen molar-refractivity contribution in [3.05, 3.63) is 17.7 Å². The van der Waals surface area contributed by atoms with Gasteiger partial charge in [0.05, 0.1) is 21.3 Å². The maximum absolute atomic E-state index is 5.46. The molecule has 1 aromatic rings. The maximum Gasteiger partial charge on any atom is 0.203 e. The molecular formula is C15H26ClNO3. The minimum Gasteiger partial charge on any atom is -0.493 e. The Morgan fingerprint density at radius 2 is 1.60 bits per heavy atom. The van der Waals surface area contributed by atoms with Crippen LogP contribution in [0.3, 0.4) is 0 Å². The molecule has 0 amide bonds. The Morgan fingerprint density at radius 1 is 1.00 bits per heavy atom. The summed E-state index contributed by atoms with van der Waals surface area (Å²) in [5.74, 6) is 2.04. The third-order valence-electron chi connectivity index (χ3n) is 3.43. The van der Waals surface area contributed by atoms with E-state index in [-0.39, 0.29) is 17.9 Å². The van der Waals surface area contributed by atoms with Gasteiger partial charge in [-0.15, -0.1) is 12.4 Å². The Labute approximate surface area is 128 Å². The SMILES string of the molecule is CCC(C)(C)NCc1ccc(OC)c(OC)c1OC.Cl. The van der Waals surface area contributed by atoms with Crippen LogP contribution in [0.1, 0.15) is 32.8 Å². The van der Waals surface area contributed by atoms with Crippen molar-refractivity contribution in [2.24, 2.45) is 0 Å². The minimum absolute atomic E-state index is 0. The highest BCUT2D eigenvalue weighted by Gasteiger charge is 2.18. The van der Waals surface area contributed by atoms with E-state index in [0.717, 1.165) is 24.3 Å². The van der Waals surface area contributed by atoms with Gasteiger partial charge in [0.15, 0.2) is 11.5 Å². The van der Waals surface area contributed by atoms with E-state index in [0.29, 0.717) is 11.5 Å². The van der Waals surface area contributed by atoms with Crippen LogP contribution >= 0.6 is 12.4 Å². The van der Waals surface area contributed by atoms with Gasteiger partial charge < -0.3 is 19.5 Å². The summed E-state index contributed by atoms with van der Waals surface area (Å²) in [6.07, 6.45) is 1.06. The van der Waals surface area contributed by atoms with E-state index in [2.05, 4.69) is 26.1 Å². The van der Waals surface area contributed by atoms with E-state index in [4.69, 9.17) is 14.2 Å². The number of benzene rings is 1. The number of nitrogens with one attached hydrogen (secondary N) is 1. The lowest BCUT2D eigenvalue weighted by Gasteiger charge is -2.25. The number of hydrogen-bond donors (Lipinski definition) is 1. The summed E-state index contributed by atoms with van der Waals surface area (Å²) in [6, 6.07) is 3.90. The molecule has 0 atom stereocenters. The van der Waals surface area contributed by atoms with Crippen LogP contribution in [0, 0.1) is 0 Å². The lowest BCUT2D eigenvalue weighted by Crippen LogP contribution is -2.37. The number of rotatable bonds is 7. The highest BCUT2D eigenvalue weighted by molar-refractivity contribution is 5.85. The van der Waals surface area contributed by atoms with Crippen LogP contribution in [0.2, 0.25) is 0 Å². The molecule has 0 aliphatic heterocycles. The quantitative estimate of drug-likeness (QED) is 0.838. The number of ether oxygens (including phenoxy) is 3. The number of hydrogen-bond acceptors (Lipinski definition) is 4. The first-order chi connectivity index (χ1) is 8.99. The fourth-order valence-corrected chi connectivity index (χ4v) is 1.76. The van der Waals surface area contributed by atoms with Crippen molar-refractivity contribution >= 4 is 12.4 Å². The second kappa shape index (κ2) is 8.22. The summed E-state index contributed by atoms with van der Waals surface area (Å²) in [4.78, 5) is 0. The van der Waals surface area contributed by atoms with Crippen molar-refractivity contribution in [2.75, 3.05) is 21.3 Å². The molecule has 0 fully saturated rings. The minimum atomic E-state index is 0. The van der Waals surface area contributed by atoms with Crippen LogP contribution in [0.25, 0.3) is 0 Å². The van der Waals surface area contributed by atoms with E-state index in [9.17, 15) is 0 Å². The van der Waals surface area contributed by atoms with Crippen LogP contribution in [-0.2, 0) is 6.54 Å². The van der Waals surface area contributed by atoms with Crippen LogP contribution in [0.4, 0.5) is 0 Å². The van der Waals surface area contributed by atoms with Crippen LogP contribution in [0.5, 0.6) is 17.2 Å². The van der Waals surface area contributed by atoms with Crippen molar-refractivity contribution < 1.29 is 14.2 Å². The lowest BCUT2D eigenvalue weighted by molar-refractivity contribution is 0.318. The molecule has 1 N–H and O–H groups in total. The summed E-state index contributed by atoms with van der Waals surface area (Å²) in [7, 11) is 4.88. The average molecular weight is 304 g/mol. The predicted octanol–water partition coefficient (Wildman–Crippen LogP) is 3.41. The predicted molar refractivity (Wildman–Crippen MR) is 84.6 cm³/mol. The van der Waals surface area contributed by atoms with E-state index in [1.807, 2.05) is 12.1 Å². The fraction of sp³-hybridized carbons (Fsp3) is 0.600. The molecule has 0 saturated carbocycles. The lowest BCUT2D eigenvalue weighted by atomic mass is 10.0. The molecule has 0 bridgehead atoms. The zero-order chi connectivity index (χ0) is 14.5. The Morgan fingerprint density at radius 3 is 2.05 bits per heavy atom. The van der Waals surface area contributed by atoms with Gasteiger partial charge in [0.2, 0.25) is 5.75 Å². The Hall–Kier alpha value is -1.13. The van der Waals surface area contributed by atoms with Gasteiger partial charge in [-0.05, 0) is 26.3 Å². The normalized spacial score (nSPS) is 10.7. The summed E-state index contributed by atoms with van der Waals surface area (Å²) in [5, 5.41) is 3.51. The Balaban J connectivity index is 0.00000361. The van der Waals surface area contributed by atoms with E-state index in [1.165, 1.54) is 0 Å². The van der Waals surface area contributed by atoms with Crippen LogP contribution < -0.4 is 19.5 Å². The molecule has 0 unspecified atom stereocenters. The molecule has 4 nitrogen and oxygen atoms in total. The molecule has 5 heteroatoms. The van der Waals surface area contributed by atoms with Gasteiger partial charge in [-0.2, -0.15) is 0 Å². The van der Waals surface area contributed by atoms with Crippen LogP contribution in [0.15, 0.2) is 12.1 Å². The smallest absolute Gasteiger partial charge is 0.203 e. The topological polar surface area (TPSA) is 39.7 Å². The molecule has 0 spiro atoms. The molecular weight excluding hydrogens is 278 g/mol. The number of methoxy groups -OCH3 is 3. The van der Waals surface area contributed by atoms with Crippen LogP contribution in [-0.4, -0.2) is 26.9 Å². The van der Waals surface area contributed by atoms with E-state index in [1.54, 1.807) is 21.3 Å². The summed E-state index contributed by atoms with van der Waals surface area (Å²) in [6.45, 7) is 7.25. The molecule has 1 rings (SSSR count). The average Bonchev–Trinajstić information content (AvgIpc) is 2.43. The molecule has 20 heavy (non-hydrogen) atoms. The molecule has 0 heterocycles. The summed E-state index contributed by atoms with van der Waals surface area (Å²) in [5.41, 5.74) is 1.15. The summed E-state index contributed by atoms with van der Waals surface area (Å²) >= 11 is 0. The first kappa shape index (κ1) is 18.9. The van der Waals surface area contributed by atoms with Gasteiger partial charge in [0.25, 0.3) is 0 Å². The first-order valence-corrected chi connectivity index (χ1v) is 6.52. The molecule has 0 saturated heterocycles. The Kier molecular flexibility index (Phi) is 7.76. The van der Waals surface area contributed by atoms with Crippen molar-refractivity contribution in [1.29, 1.82) is 0 Å². The van der Waals surface area contributed by atoms with E-state index >= 15 is 0 Å². The molecule has 1 aromatic carbocycles. The molecule has 116 valence electrons. The van der Waals surface area contributed by atoms with E-state index < -0.39 is 0 Å². The second-order valence-corrected chi connectivity index (χ2v) is 5.08. The van der Waals surface area contributed by atoms with Gasteiger partial charge in [0, 0.05) is 17.6 Å². The van der Waals surface area contributed by atoms with Gasteiger partial charge in [-0.1, -0.05) is 13.0 Å². The molecule has 0 aliphatic carbocycles. The highest BCUT2D eigenvalue weighted by atomic mass is 35.5. The molecule has 0 aromatic heterocycles. The van der Waals surface area contributed by atoms with Crippen molar-refractivity contribution in [3.8, 4) is 17.2 Å². The maximum atomic E-state index is 5.46. The molecule has 0 radical (unpaired) electrons. The molecule has 0 aliphatic rings. The van der Waals surface area contributed by atoms with Crippen molar-refractivity contribution in [3.63, 3.8) is 0 Å². The zero-order valence-corrected chi connectivity index (χ0v) is 14.0. The fourth-order valence-electron chi connectivity index (χ4n) is 1.76. The monoisotopic (exact) mass is 303 g/mol. The highest BCUT2D eigenvalue weighted by Crippen LogP contribution is 2.39. The second-order valence-electron chi connectivity index (χ2n) is 5.08. The summed E-state index contributed by atoms with van der Waals surface area (Å²) < 4.78 is 16.1.